The van der Waals surface area contributed by atoms with Gasteiger partial charge in [0.1, 0.15) is 5.82 Å². The maximum Gasteiger partial charge on any atom is 0.111 e. The van der Waals surface area contributed by atoms with Crippen molar-refractivity contribution in [1.29, 1.82) is 0 Å². The normalized spacial score (nSPS) is 13.4. The number of hydrogen-bond donors (Lipinski definition) is 0. The Bertz CT molecular complexity index is 561. The Morgan fingerprint density at radius 1 is 1.26 bits per heavy atom. The number of hydrogen-bond acceptors (Lipinski definition) is 1. The van der Waals surface area contributed by atoms with Crippen molar-refractivity contribution in [3.8, 4) is 0 Å². The Labute approximate surface area is 124 Å². The molecule has 0 N–H and O–H groups in total. The maximum absolute atomic E-state index is 6.12. The first kappa shape index (κ1) is 14.7. The molecule has 104 valence electrons. The lowest BCUT2D eigenvalue weighted by Crippen LogP contribution is -2.12. The van der Waals surface area contributed by atoms with Crippen LogP contribution in [0.15, 0.2) is 18.2 Å². The molecule has 0 aliphatic carbocycles. The Balaban J connectivity index is 2.52. The van der Waals surface area contributed by atoms with Crippen LogP contribution in [0, 0.1) is 5.92 Å². The fourth-order valence-electron chi connectivity index (χ4n) is 2.66. The first-order valence-corrected chi connectivity index (χ1v) is 7.66. The molecule has 0 amide bonds. The van der Waals surface area contributed by atoms with Gasteiger partial charge in [-0.1, -0.05) is 25.4 Å². The van der Waals surface area contributed by atoms with Crippen LogP contribution in [0.4, 0.5) is 0 Å². The highest BCUT2D eigenvalue weighted by Gasteiger charge is 2.16. The lowest BCUT2D eigenvalue weighted by molar-refractivity contribution is 0.426. The maximum atomic E-state index is 6.12. The predicted molar refractivity (Wildman–Crippen MR) is 83.3 cm³/mol. The number of nitrogens with zero attached hydrogens (tertiary/aromatic N) is 2. The van der Waals surface area contributed by atoms with E-state index in [0.717, 1.165) is 34.7 Å². The quantitative estimate of drug-likeness (QED) is 0.704. The van der Waals surface area contributed by atoms with Crippen LogP contribution in [0.3, 0.4) is 0 Å². The first-order chi connectivity index (χ1) is 9.02. The SMILES string of the molecule is CC(C)CC(C)n1c(CCCl)nc2ccc(Cl)cc21. The van der Waals surface area contributed by atoms with E-state index in [1.165, 1.54) is 0 Å². The zero-order chi connectivity index (χ0) is 14.0. The molecule has 0 saturated carbocycles. The number of halogens is 2. The second kappa shape index (κ2) is 6.15. The van der Waals surface area contributed by atoms with Gasteiger partial charge in [-0.15, -0.1) is 11.6 Å². The van der Waals surface area contributed by atoms with E-state index in [-0.39, 0.29) is 0 Å². The van der Waals surface area contributed by atoms with Crippen LogP contribution in [0.1, 0.15) is 39.1 Å². The van der Waals surface area contributed by atoms with Crippen molar-refractivity contribution < 1.29 is 0 Å². The topological polar surface area (TPSA) is 17.8 Å². The Hall–Kier alpha value is -0.730. The minimum atomic E-state index is 0.404. The molecular weight excluding hydrogens is 279 g/mol. The van der Waals surface area contributed by atoms with Gasteiger partial charge in [0, 0.05) is 23.4 Å². The summed E-state index contributed by atoms with van der Waals surface area (Å²) >= 11 is 12.0. The van der Waals surface area contributed by atoms with E-state index >= 15 is 0 Å². The van der Waals surface area contributed by atoms with Crippen LogP contribution >= 0.6 is 23.2 Å². The molecule has 1 heterocycles. The monoisotopic (exact) mass is 298 g/mol. The summed E-state index contributed by atoms with van der Waals surface area (Å²) in [4.78, 5) is 4.69. The standard InChI is InChI=1S/C15H20Cl2N2/c1-10(2)8-11(3)19-14-9-12(17)4-5-13(14)18-15(19)6-7-16/h4-5,9-11H,6-8H2,1-3H3. The molecule has 0 aliphatic rings. The summed E-state index contributed by atoms with van der Waals surface area (Å²) in [6, 6.07) is 6.27. The van der Waals surface area contributed by atoms with Gasteiger partial charge < -0.3 is 4.57 Å². The second-order valence-electron chi connectivity index (χ2n) is 5.45. The van der Waals surface area contributed by atoms with Crippen molar-refractivity contribution in [2.75, 3.05) is 5.88 Å². The largest absolute Gasteiger partial charge is 0.325 e. The Morgan fingerprint density at radius 3 is 2.63 bits per heavy atom. The van der Waals surface area contributed by atoms with Gasteiger partial charge in [-0.25, -0.2) is 4.98 Å². The molecule has 1 aromatic carbocycles. The number of aryl methyl sites for hydroxylation is 1. The van der Waals surface area contributed by atoms with E-state index in [0.29, 0.717) is 17.8 Å². The van der Waals surface area contributed by atoms with E-state index in [9.17, 15) is 0 Å². The molecule has 0 aliphatic heterocycles. The van der Waals surface area contributed by atoms with Gasteiger partial charge in [0.25, 0.3) is 0 Å². The minimum absolute atomic E-state index is 0.404. The summed E-state index contributed by atoms with van der Waals surface area (Å²) in [6.07, 6.45) is 1.91. The molecule has 4 heteroatoms. The molecule has 0 fully saturated rings. The average molecular weight is 299 g/mol. The molecule has 2 rings (SSSR count). The lowest BCUT2D eigenvalue weighted by atomic mass is 10.0. The second-order valence-corrected chi connectivity index (χ2v) is 6.26. The van der Waals surface area contributed by atoms with Crippen LogP contribution in [0.25, 0.3) is 11.0 Å². The molecule has 1 atom stereocenters. The third kappa shape index (κ3) is 3.24. The van der Waals surface area contributed by atoms with Gasteiger partial charge in [-0.05, 0) is 37.5 Å². The van der Waals surface area contributed by atoms with Crippen molar-refractivity contribution in [3.05, 3.63) is 29.0 Å². The third-order valence-corrected chi connectivity index (χ3v) is 3.72. The van der Waals surface area contributed by atoms with Crippen molar-refractivity contribution in [1.82, 2.24) is 9.55 Å². The fourth-order valence-corrected chi connectivity index (χ4v) is 2.99. The van der Waals surface area contributed by atoms with Crippen LogP contribution in [0.5, 0.6) is 0 Å². The van der Waals surface area contributed by atoms with Crippen LogP contribution in [-0.4, -0.2) is 15.4 Å². The number of aromatic nitrogens is 2. The number of alkyl halides is 1. The number of benzene rings is 1. The van der Waals surface area contributed by atoms with Gasteiger partial charge >= 0.3 is 0 Å². The summed E-state index contributed by atoms with van der Waals surface area (Å²) in [5, 5.41) is 0.753. The summed E-state index contributed by atoms with van der Waals surface area (Å²) < 4.78 is 2.30. The van der Waals surface area contributed by atoms with Gasteiger partial charge in [0.15, 0.2) is 0 Å². The van der Waals surface area contributed by atoms with Crippen LogP contribution in [-0.2, 0) is 6.42 Å². The van der Waals surface area contributed by atoms with Crippen molar-refractivity contribution in [2.45, 2.75) is 39.7 Å². The van der Waals surface area contributed by atoms with Gasteiger partial charge in [0.2, 0.25) is 0 Å². The molecule has 0 bridgehead atoms. The minimum Gasteiger partial charge on any atom is -0.325 e. The predicted octanol–water partition coefficient (Wildman–Crippen LogP) is 5.08. The molecule has 2 nitrogen and oxygen atoms in total. The van der Waals surface area contributed by atoms with E-state index in [4.69, 9.17) is 28.2 Å². The van der Waals surface area contributed by atoms with Gasteiger partial charge in [-0.3, -0.25) is 0 Å². The zero-order valence-electron chi connectivity index (χ0n) is 11.7. The summed E-state index contributed by atoms with van der Waals surface area (Å²) in [5.74, 6) is 2.29. The van der Waals surface area contributed by atoms with Gasteiger partial charge in [0.05, 0.1) is 11.0 Å². The molecule has 2 aromatic rings. The fraction of sp³-hybridized carbons (Fsp3) is 0.533. The molecule has 0 saturated heterocycles. The van der Waals surface area contributed by atoms with Gasteiger partial charge in [-0.2, -0.15) is 0 Å². The summed E-state index contributed by atoms with van der Waals surface area (Å²) in [5.41, 5.74) is 2.11. The average Bonchev–Trinajstić information content (AvgIpc) is 2.65. The summed E-state index contributed by atoms with van der Waals surface area (Å²) in [6.45, 7) is 6.72. The Morgan fingerprint density at radius 2 is 2.00 bits per heavy atom. The highest BCUT2D eigenvalue weighted by molar-refractivity contribution is 6.31. The lowest BCUT2D eigenvalue weighted by Gasteiger charge is -2.19. The molecule has 1 aromatic heterocycles. The first-order valence-electron chi connectivity index (χ1n) is 6.75. The van der Waals surface area contributed by atoms with E-state index < -0.39 is 0 Å². The van der Waals surface area contributed by atoms with Crippen LogP contribution in [0.2, 0.25) is 5.02 Å². The number of rotatable bonds is 5. The highest BCUT2D eigenvalue weighted by Crippen LogP contribution is 2.27. The smallest absolute Gasteiger partial charge is 0.111 e. The highest BCUT2D eigenvalue weighted by atomic mass is 35.5. The summed E-state index contributed by atoms with van der Waals surface area (Å²) in [7, 11) is 0. The van der Waals surface area contributed by atoms with Crippen molar-refractivity contribution in [3.63, 3.8) is 0 Å². The molecule has 1 unspecified atom stereocenters. The Kier molecular flexibility index (Phi) is 4.75. The molecular formula is C15H20Cl2N2. The molecule has 0 radical (unpaired) electrons. The number of fused-ring (bicyclic) bond motifs is 1. The number of imidazole rings is 1. The molecule has 19 heavy (non-hydrogen) atoms. The van der Waals surface area contributed by atoms with Crippen molar-refractivity contribution >= 4 is 34.2 Å². The van der Waals surface area contributed by atoms with E-state index in [1.54, 1.807) is 0 Å². The third-order valence-electron chi connectivity index (χ3n) is 3.30. The van der Waals surface area contributed by atoms with Crippen molar-refractivity contribution in [2.24, 2.45) is 5.92 Å². The van der Waals surface area contributed by atoms with Crippen LogP contribution < -0.4 is 0 Å². The molecule has 0 spiro atoms. The van der Waals surface area contributed by atoms with E-state index in [2.05, 4.69) is 25.3 Å². The van der Waals surface area contributed by atoms with E-state index in [1.807, 2.05) is 18.2 Å². The zero-order valence-corrected chi connectivity index (χ0v) is 13.2.